The van der Waals surface area contributed by atoms with Crippen LogP contribution in [0.15, 0.2) is 59.0 Å². The maximum Gasteiger partial charge on any atom is 0.373 e. The number of furan rings is 1. The zero-order valence-corrected chi connectivity index (χ0v) is 17.5. The molecule has 4 rings (SSSR count). The summed E-state index contributed by atoms with van der Waals surface area (Å²) in [5.41, 5.74) is 0.863. The van der Waals surface area contributed by atoms with Gasteiger partial charge >= 0.3 is 5.97 Å². The average molecular weight is 416 g/mol. The van der Waals surface area contributed by atoms with Crippen molar-refractivity contribution in [3.63, 3.8) is 0 Å². The number of benzene rings is 2. The van der Waals surface area contributed by atoms with Crippen molar-refractivity contribution in [2.24, 2.45) is 0 Å². The molecule has 1 aliphatic rings. The summed E-state index contributed by atoms with van der Waals surface area (Å²) in [4.78, 5) is 28.3. The minimum atomic E-state index is -0.483. The Hall–Kier alpha value is -3.56. The van der Waals surface area contributed by atoms with Crippen molar-refractivity contribution in [3.8, 4) is 11.8 Å². The molecule has 2 aromatic carbocycles. The molecule has 1 fully saturated rings. The van der Waals surface area contributed by atoms with Crippen molar-refractivity contribution in [2.45, 2.75) is 13.0 Å². The normalized spacial score (nSPS) is 14.5. The standard InChI is InChI=1S/C25H24N2O4/c1-30-25(29)23-12-11-21(31-23)18-26-14-5-15-27(17-16-26)24(28)13-10-20-8-4-7-19-6-2-3-9-22(19)20/h2-4,6-9,11-12H,5,14-18H2,1H3. The Morgan fingerprint density at radius 1 is 1.00 bits per heavy atom. The SMILES string of the molecule is COC(=O)c1ccc(CN2CCCN(C(=O)C#Cc3cccc4ccccc34)CC2)o1. The predicted octanol–water partition coefficient (Wildman–Crippen LogP) is 3.31. The van der Waals surface area contributed by atoms with Crippen LogP contribution in [0.3, 0.4) is 0 Å². The summed E-state index contributed by atoms with van der Waals surface area (Å²) in [5, 5.41) is 2.16. The highest BCUT2D eigenvalue weighted by Gasteiger charge is 2.19. The molecule has 2 heterocycles. The Morgan fingerprint density at radius 2 is 1.84 bits per heavy atom. The number of hydrogen-bond donors (Lipinski definition) is 0. The van der Waals surface area contributed by atoms with Gasteiger partial charge in [-0.2, -0.15) is 0 Å². The molecule has 0 N–H and O–H groups in total. The van der Waals surface area contributed by atoms with E-state index >= 15 is 0 Å². The Labute approximate surface area is 181 Å². The lowest BCUT2D eigenvalue weighted by Crippen LogP contribution is -2.34. The number of nitrogens with zero attached hydrogens (tertiary/aromatic N) is 2. The summed E-state index contributed by atoms with van der Waals surface area (Å²) < 4.78 is 10.2. The van der Waals surface area contributed by atoms with E-state index in [-0.39, 0.29) is 11.7 Å². The van der Waals surface area contributed by atoms with Gasteiger partial charge in [-0.05, 0) is 35.4 Å². The minimum Gasteiger partial charge on any atom is -0.463 e. The molecule has 0 atom stereocenters. The summed E-state index contributed by atoms with van der Waals surface area (Å²) in [6, 6.07) is 17.4. The Kier molecular flexibility index (Phi) is 6.34. The lowest BCUT2D eigenvalue weighted by molar-refractivity contribution is -0.125. The monoisotopic (exact) mass is 416 g/mol. The second-order valence-electron chi connectivity index (χ2n) is 7.46. The fourth-order valence-corrected chi connectivity index (χ4v) is 3.76. The first-order chi connectivity index (χ1) is 15.1. The van der Waals surface area contributed by atoms with E-state index in [0.717, 1.165) is 35.8 Å². The third kappa shape index (κ3) is 4.96. The van der Waals surface area contributed by atoms with Crippen LogP contribution < -0.4 is 0 Å². The van der Waals surface area contributed by atoms with Gasteiger partial charge in [-0.3, -0.25) is 9.69 Å². The van der Waals surface area contributed by atoms with Gasteiger partial charge in [-0.15, -0.1) is 0 Å². The summed E-state index contributed by atoms with van der Waals surface area (Å²) in [5.74, 6) is 6.16. The van der Waals surface area contributed by atoms with E-state index in [1.54, 1.807) is 17.0 Å². The molecular formula is C25H24N2O4. The Morgan fingerprint density at radius 3 is 2.71 bits per heavy atom. The molecule has 1 amide bonds. The van der Waals surface area contributed by atoms with Gasteiger partial charge in [0.05, 0.1) is 13.7 Å². The smallest absolute Gasteiger partial charge is 0.373 e. The highest BCUT2D eigenvalue weighted by atomic mass is 16.5. The van der Waals surface area contributed by atoms with Crippen LogP contribution in [-0.4, -0.2) is 55.0 Å². The van der Waals surface area contributed by atoms with Crippen molar-refractivity contribution < 1.29 is 18.7 Å². The van der Waals surface area contributed by atoms with E-state index in [0.29, 0.717) is 25.4 Å². The van der Waals surface area contributed by atoms with Crippen LogP contribution in [0.5, 0.6) is 0 Å². The topological polar surface area (TPSA) is 63.0 Å². The van der Waals surface area contributed by atoms with Gasteiger partial charge in [0.1, 0.15) is 5.76 Å². The molecule has 0 spiro atoms. The number of carbonyl (C=O) groups excluding carboxylic acids is 2. The van der Waals surface area contributed by atoms with E-state index in [4.69, 9.17) is 4.42 Å². The summed E-state index contributed by atoms with van der Waals surface area (Å²) in [6.45, 7) is 3.42. The molecule has 6 heteroatoms. The first kappa shape index (κ1) is 20.7. The van der Waals surface area contributed by atoms with Crippen molar-refractivity contribution in [2.75, 3.05) is 33.3 Å². The van der Waals surface area contributed by atoms with Crippen molar-refractivity contribution in [1.29, 1.82) is 0 Å². The van der Waals surface area contributed by atoms with Crippen LogP contribution in [0.1, 0.15) is 28.3 Å². The number of methoxy groups -OCH3 is 1. The first-order valence-corrected chi connectivity index (χ1v) is 10.3. The third-order valence-electron chi connectivity index (χ3n) is 5.40. The quantitative estimate of drug-likeness (QED) is 0.484. The fraction of sp³-hybridized carbons (Fsp3) is 0.280. The van der Waals surface area contributed by atoms with E-state index in [2.05, 4.69) is 21.5 Å². The molecule has 158 valence electrons. The number of esters is 1. The molecule has 1 aromatic heterocycles. The maximum absolute atomic E-state index is 12.7. The predicted molar refractivity (Wildman–Crippen MR) is 117 cm³/mol. The molecule has 31 heavy (non-hydrogen) atoms. The van der Waals surface area contributed by atoms with E-state index in [1.807, 2.05) is 42.5 Å². The van der Waals surface area contributed by atoms with Crippen LogP contribution >= 0.6 is 0 Å². The van der Waals surface area contributed by atoms with Crippen LogP contribution in [0.2, 0.25) is 0 Å². The van der Waals surface area contributed by atoms with Crippen molar-refractivity contribution in [3.05, 3.63) is 71.7 Å². The zero-order valence-electron chi connectivity index (χ0n) is 17.5. The van der Waals surface area contributed by atoms with E-state index < -0.39 is 5.97 Å². The van der Waals surface area contributed by atoms with E-state index in [9.17, 15) is 9.59 Å². The lowest BCUT2D eigenvalue weighted by atomic mass is 10.1. The summed E-state index contributed by atoms with van der Waals surface area (Å²) in [7, 11) is 1.33. The highest BCUT2D eigenvalue weighted by Crippen LogP contribution is 2.17. The number of ether oxygens (including phenoxy) is 1. The molecule has 0 bridgehead atoms. The van der Waals surface area contributed by atoms with Crippen LogP contribution in [-0.2, 0) is 16.1 Å². The van der Waals surface area contributed by atoms with E-state index in [1.165, 1.54) is 7.11 Å². The van der Waals surface area contributed by atoms with Gasteiger partial charge in [0.15, 0.2) is 0 Å². The number of hydrogen-bond acceptors (Lipinski definition) is 5. The average Bonchev–Trinajstić information content (AvgIpc) is 3.14. The Bertz CT molecular complexity index is 1150. The molecule has 1 aliphatic heterocycles. The van der Waals surface area contributed by atoms with Crippen LogP contribution in [0.4, 0.5) is 0 Å². The number of amides is 1. The van der Waals surface area contributed by atoms with Gasteiger partial charge in [-0.25, -0.2) is 4.79 Å². The molecule has 3 aromatic rings. The van der Waals surface area contributed by atoms with Crippen molar-refractivity contribution in [1.82, 2.24) is 9.80 Å². The second kappa shape index (κ2) is 9.50. The molecule has 1 saturated heterocycles. The van der Waals surface area contributed by atoms with Gasteiger partial charge < -0.3 is 14.1 Å². The zero-order chi connectivity index (χ0) is 21.6. The highest BCUT2D eigenvalue weighted by molar-refractivity contribution is 5.96. The molecule has 0 radical (unpaired) electrons. The number of fused-ring (bicyclic) bond motifs is 1. The number of carbonyl (C=O) groups is 2. The fourth-order valence-electron chi connectivity index (χ4n) is 3.76. The molecule has 0 unspecified atom stereocenters. The minimum absolute atomic E-state index is 0.152. The summed E-state index contributed by atoms with van der Waals surface area (Å²) in [6.07, 6.45) is 0.853. The summed E-state index contributed by atoms with van der Waals surface area (Å²) >= 11 is 0. The molecule has 0 saturated carbocycles. The van der Waals surface area contributed by atoms with Crippen LogP contribution in [0.25, 0.3) is 10.8 Å². The lowest BCUT2D eigenvalue weighted by Gasteiger charge is -2.19. The molecule has 0 aliphatic carbocycles. The van der Waals surface area contributed by atoms with Crippen molar-refractivity contribution >= 4 is 22.6 Å². The largest absolute Gasteiger partial charge is 0.463 e. The first-order valence-electron chi connectivity index (χ1n) is 10.3. The Balaban J connectivity index is 1.38. The second-order valence-corrected chi connectivity index (χ2v) is 7.46. The van der Waals surface area contributed by atoms with Gasteiger partial charge in [0.2, 0.25) is 5.76 Å². The third-order valence-corrected chi connectivity index (χ3v) is 5.40. The van der Waals surface area contributed by atoms with Gasteiger partial charge in [-0.1, -0.05) is 42.3 Å². The molecular weight excluding hydrogens is 392 g/mol. The number of rotatable bonds is 3. The maximum atomic E-state index is 12.7. The molecule has 6 nitrogen and oxygen atoms in total. The van der Waals surface area contributed by atoms with Gasteiger partial charge in [0, 0.05) is 37.7 Å². The van der Waals surface area contributed by atoms with Gasteiger partial charge in [0.25, 0.3) is 5.91 Å². The van der Waals surface area contributed by atoms with Crippen LogP contribution in [0, 0.1) is 11.8 Å².